The lowest BCUT2D eigenvalue weighted by Gasteiger charge is -2.45. The molecule has 110 valence electrons. The lowest BCUT2D eigenvalue weighted by molar-refractivity contribution is -0.136. The first-order chi connectivity index (χ1) is 8.88. The van der Waals surface area contributed by atoms with Crippen LogP contribution in [0.3, 0.4) is 0 Å². The Kier molecular flexibility index (Phi) is 4.24. The summed E-state index contributed by atoms with van der Waals surface area (Å²) in [7, 11) is 0. The number of rotatable bonds is 3. The van der Waals surface area contributed by atoms with Crippen molar-refractivity contribution in [1.29, 1.82) is 0 Å². The fourth-order valence-corrected chi connectivity index (χ4v) is 3.82. The molecule has 0 aromatic heterocycles. The Morgan fingerprint density at radius 3 is 2.68 bits per heavy atom. The van der Waals surface area contributed by atoms with Crippen molar-refractivity contribution in [1.82, 2.24) is 10.2 Å². The van der Waals surface area contributed by atoms with Gasteiger partial charge in [0, 0.05) is 6.04 Å². The van der Waals surface area contributed by atoms with Gasteiger partial charge in [0.1, 0.15) is 0 Å². The van der Waals surface area contributed by atoms with Gasteiger partial charge in [0.15, 0.2) is 0 Å². The highest BCUT2D eigenvalue weighted by atomic mass is 16.2. The minimum absolute atomic E-state index is 0.0257. The third-order valence-electron chi connectivity index (χ3n) is 5.36. The minimum Gasteiger partial charge on any atom is -0.323 e. The van der Waals surface area contributed by atoms with Crippen molar-refractivity contribution >= 4 is 5.91 Å². The van der Waals surface area contributed by atoms with Crippen LogP contribution in [-0.2, 0) is 4.79 Å². The third kappa shape index (κ3) is 2.67. The molecule has 1 saturated carbocycles. The van der Waals surface area contributed by atoms with E-state index >= 15 is 0 Å². The Morgan fingerprint density at radius 1 is 1.42 bits per heavy atom. The van der Waals surface area contributed by atoms with Gasteiger partial charge >= 0.3 is 0 Å². The van der Waals surface area contributed by atoms with Crippen LogP contribution in [0.1, 0.15) is 66.7 Å². The van der Waals surface area contributed by atoms with Gasteiger partial charge in [0.25, 0.3) is 0 Å². The van der Waals surface area contributed by atoms with Gasteiger partial charge in [0.05, 0.1) is 12.2 Å². The molecule has 2 aliphatic rings. The smallest absolute Gasteiger partial charge is 0.241 e. The van der Waals surface area contributed by atoms with Gasteiger partial charge in [-0.1, -0.05) is 47.0 Å². The molecule has 4 atom stereocenters. The highest BCUT2D eigenvalue weighted by molar-refractivity contribution is 5.85. The highest BCUT2D eigenvalue weighted by Gasteiger charge is 2.47. The van der Waals surface area contributed by atoms with E-state index in [1.165, 1.54) is 19.3 Å². The Hall–Kier alpha value is -0.570. The average molecular weight is 266 g/mol. The molecule has 2 fully saturated rings. The van der Waals surface area contributed by atoms with Gasteiger partial charge in [-0.2, -0.15) is 0 Å². The van der Waals surface area contributed by atoms with Gasteiger partial charge in [-0.15, -0.1) is 0 Å². The summed E-state index contributed by atoms with van der Waals surface area (Å²) in [6.45, 7) is 11.1. The summed E-state index contributed by atoms with van der Waals surface area (Å²) in [6, 6.07) is 0.433. The number of amides is 1. The number of carbonyl (C=O) groups is 1. The molecule has 0 aromatic carbocycles. The summed E-state index contributed by atoms with van der Waals surface area (Å²) >= 11 is 0. The van der Waals surface area contributed by atoms with Crippen molar-refractivity contribution in [3.05, 3.63) is 0 Å². The summed E-state index contributed by atoms with van der Waals surface area (Å²) in [6.07, 6.45) is 6.22. The van der Waals surface area contributed by atoms with E-state index in [9.17, 15) is 4.79 Å². The van der Waals surface area contributed by atoms with Gasteiger partial charge in [-0.3, -0.25) is 10.1 Å². The Labute approximate surface area is 118 Å². The van der Waals surface area contributed by atoms with Crippen molar-refractivity contribution in [2.24, 2.45) is 11.3 Å². The maximum Gasteiger partial charge on any atom is 0.241 e. The van der Waals surface area contributed by atoms with Crippen molar-refractivity contribution in [3.63, 3.8) is 0 Å². The number of nitrogens with zero attached hydrogens (tertiary/aromatic N) is 1. The molecule has 1 N–H and O–H groups in total. The molecule has 2 rings (SSSR count). The fourth-order valence-electron chi connectivity index (χ4n) is 3.82. The summed E-state index contributed by atoms with van der Waals surface area (Å²) in [5, 5.41) is 3.52. The minimum atomic E-state index is 0.0257. The molecule has 1 heterocycles. The standard InChI is InChI=1S/C16H30N2O/c1-6-11(2)14-15(19)18(12(3)17-14)13-9-7-8-10-16(13,4)5/h11-14,17H,6-10H2,1-5H3. The van der Waals surface area contributed by atoms with Crippen LogP contribution in [0.15, 0.2) is 0 Å². The van der Waals surface area contributed by atoms with Crippen LogP contribution in [0.2, 0.25) is 0 Å². The van der Waals surface area contributed by atoms with E-state index < -0.39 is 0 Å². The van der Waals surface area contributed by atoms with Gasteiger partial charge in [-0.05, 0) is 31.1 Å². The van der Waals surface area contributed by atoms with Crippen LogP contribution in [0.4, 0.5) is 0 Å². The zero-order chi connectivity index (χ0) is 14.2. The van der Waals surface area contributed by atoms with Gasteiger partial charge in [-0.25, -0.2) is 0 Å². The van der Waals surface area contributed by atoms with E-state index in [-0.39, 0.29) is 17.6 Å². The summed E-state index contributed by atoms with van der Waals surface area (Å²) in [5.41, 5.74) is 0.258. The first-order valence-electron chi connectivity index (χ1n) is 7.96. The number of nitrogens with one attached hydrogen (secondary N) is 1. The van der Waals surface area contributed by atoms with E-state index in [4.69, 9.17) is 0 Å². The van der Waals surface area contributed by atoms with Crippen LogP contribution in [0, 0.1) is 11.3 Å². The molecule has 1 amide bonds. The zero-order valence-electron chi connectivity index (χ0n) is 13.2. The van der Waals surface area contributed by atoms with Crippen LogP contribution in [-0.4, -0.2) is 29.1 Å². The van der Waals surface area contributed by atoms with E-state index in [0.29, 0.717) is 17.9 Å². The molecular formula is C16H30N2O. The second-order valence-corrected chi connectivity index (χ2v) is 7.20. The van der Waals surface area contributed by atoms with Crippen LogP contribution < -0.4 is 5.32 Å². The second kappa shape index (κ2) is 5.43. The van der Waals surface area contributed by atoms with Crippen molar-refractivity contribution < 1.29 is 4.79 Å². The topological polar surface area (TPSA) is 32.3 Å². The van der Waals surface area contributed by atoms with Crippen LogP contribution in [0.25, 0.3) is 0 Å². The van der Waals surface area contributed by atoms with Gasteiger partial charge < -0.3 is 4.90 Å². The summed E-state index contributed by atoms with van der Waals surface area (Å²) < 4.78 is 0. The molecule has 1 aliphatic carbocycles. The maximum absolute atomic E-state index is 12.8. The second-order valence-electron chi connectivity index (χ2n) is 7.20. The normalized spacial score (nSPS) is 36.6. The lowest BCUT2D eigenvalue weighted by atomic mass is 9.72. The summed E-state index contributed by atoms with van der Waals surface area (Å²) in [5.74, 6) is 0.758. The Morgan fingerprint density at radius 2 is 2.11 bits per heavy atom. The fraction of sp³-hybridized carbons (Fsp3) is 0.938. The van der Waals surface area contributed by atoms with Gasteiger partial charge in [0.2, 0.25) is 5.91 Å². The Bertz CT molecular complexity index is 340. The molecule has 0 bridgehead atoms. The quantitative estimate of drug-likeness (QED) is 0.851. The highest BCUT2D eigenvalue weighted by Crippen LogP contribution is 2.40. The molecule has 3 nitrogen and oxygen atoms in total. The average Bonchev–Trinajstić information content (AvgIpc) is 2.64. The van der Waals surface area contributed by atoms with Crippen molar-refractivity contribution in [2.45, 2.75) is 85.0 Å². The SMILES string of the molecule is CCC(C)C1NC(C)N(C2CCCCC2(C)C)C1=O. The predicted octanol–water partition coefficient (Wildman–Crippen LogP) is 3.15. The molecule has 1 aliphatic heterocycles. The molecule has 1 saturated heterocycles. The van der Waals surface area contributed by atoms with E-state index in [2.05, 4.69) is 44.8 Å². The molecule has 0 aromatic rings. The molecule has 19 heavy (non-hydrogen) atoms. The van der Waals surface area contributed by atoms with Crippen molar-refractivity contribution in [2.75, 3.05) is 0 Å². The van der Waals surface area contributed by atoms with E-state index in [1.54, 1.807) is 0 Å². The monoisotopic (exact) mass is 266 g/mol. The molecule has 0 spiro atoms. The van der Waals surface area contributed by atoms with Crippen LogP contribution in [0.5, 0.6) is 0 Å². The van der Waals surface area contributed by atoms with Crippen molar-refractivity contribution in [3.8, 4) is 0 Å². The molecule has 0 radical (unpaired) electrons. The summed E-state index contributed by atoms with van der Waals surface area (Å²) in [4.78, 5) is 14.9. The molecule has 4 unspecified atom stereocenters. The number of hydrogen-bond donors (Lipinski definition) is 1. The number of carbonyl (C=O) groups excluding carboxylic acids is 1. The molecular weight excluding hydrogens is 236 g/mol. The number of hydrogen-bond acceptors (Lipinski definition) is 2. The van der Waals surface area contributed by atoms with E-state index in [0.717, 1.165) is 12.8 Å². The first-order valence-corrected chi connectivity index (χ1v) is 7.96. The molecule has 3 heteroatoms. The lowest BCUT2D eigenvalue weighted by Crippen LogP contribution is -2.51. The maximum atomic E-state index is 12.8. The Balaban J connectivity index is 2.17. The first kappa shape index (κ1) is 14.8. The zero-order valence-corrected chi connectivity index (χ0v) is 13.2. The third-order valence-corrected chi connectivity index (χ3v) is 5.36. The van der Waals surface area contributed by atoms with Crippen LogP contribution >= 0.6 is 0 Å². The largest absolute Gasteiger partial charge is 0.323 e. The predicted molar refractivity (Wildman–Crippen MR) is 78.7 cm³/mol. The van der Waals surface area contributed by atoms with E-state index in [1.807, 2.05) is 0 Å².